The highest BCUT2D eigenvalue weighted by Gasteiger charge is 2.13. The first kappa shape index (κ1) is 20.6. The molecule has 2 N–H and O–H groups in total. The molecule has 4 rings (SSSR count). The van der Waals surface area contributed by atoms with E-state index in [2.05, 4.69) is 29.5 Å². The first-order chi connectivity index (χ1) is 15.0. The molecule has 0 spiro atoms. The molecule has 0 saturated heterocycles. The first-order valence-corrected chi connectivity index (χ1v) is 10.6. The van der Waals surface area contributed by atoms with Gasteiger partial charge in [-0.15, -0.1) is 0 Å². The number of benzene rings is 2. The quantitative estimate of drug-likeness (QED) is 0.404. The highest BCUT2D eigenvalue weighted by molar-refractivity contribution is 7.22. The SMILES string of the molecule is CC(C)COc1ccc(C(=O)Nc2ccc3nc(NC(=O)c4ccco4)sc3c2)cc1. The molecule has 4 aromatic rings. The van der Waals surface area contributed by atoms with E-state index in [1.54, 1.807) is 48.5 Å². The lowest BCUT2D eigenvalue weighted by molar-refractivity contribution is 0.0994. The molecular weight excluding hydrogens is 414 g/mol. The predicted molar refractivity (Wildman–Crippen MR) is 121 cm³/mol. The van der Waals surface area contributed by atoms with Gasteiger partial charge in [0.15, 0.2) is 10.9 Å². The van der Waals surface area contributed by atoms with E-state index >= 15 is 0 Å². The minimum Gasteiger partial charge on any atom is -0.493 e. The zero-order valence-electron chi connectivity index (χ0n) is 17.0. The van der Waals surface area contributed by atoms with Crippen molar-refractivity contribution in [1.29, 1.82) is 0 Å². The Labute approximate surface area is 183 Å². The molecule has 0 radical (unpaired) electrons. The molecule has 158 valence electrons. The van der Waals surface area contributed by atoms with E-state index in [0.717, 1.165) is 16.0 Å². The van der Waals surface area contributed by atoms with E-state index in [-0.39, 0.29) is 17.6 Å². The van der Waals surface area contributed by atoms with Crippen LogP contribution in [0.15, 0.2) is 65.3 Å². The summed E-state index contributed by atoms with van der Waals surface area (Å²) < 4.78 is 11.6. The Morgan fingerprint density at radius 2 is 1.87 bits per heavy atom. The zero-order valence-corrected chi connectivity index (χ0v) is 17.9. The van der Waals surface area contributed by atoms with E-state index in [1.807, 2.05) is 6.07 Å². The van der Waals surface area contributed by atoms with Gasteiger partial charge in [-0.2, -0.15) is 0 Å². The van der Waals surface area contributed by atoms with E-state index in [9.17, 15) is 9.59 Å². The number of fused-ring (bicyclic) bond motifs is 1. The third-order valence-corrected chi connectivity index (χ3v) is 5.25. The second kappa shape index (κ2) is 9.01. The molecule has 0 aliphatic rings. The van der Waals surface area contributed by atoms with Gasteiger partial charge in [-0.1, -0.05) is 25.2 Å². The van der Waals surface area contributed by atoms with Crippen molar-refractivity contribution in [2.24, 2.45) is 5.92 Å². The van der Waals surface area contributed by atoms with Gasteiger partial charge in [0.1, 0.15) is 5.75 Å². The molecule has 0 bridgehead atoms. The van der Waals surface area contributed by atoms with Crippen LogP contribution in [0.4, 0.5) is 10.8 Å². The van der Waals surface area contributed by atoms with Gasteiger partial charge < -0.3 is 14.5 Å². The Balaban J connectivity index is 1.42. The molecule has 0 aliphatic carbocycles. The summed E-state index contributed by atoms with van der Waals surface area (Å²) in [5.41, 5.74) is 1.90. The van der Waals surface area contributed by atoms with Crippen LogP contribution in [0.25, 0.3) is 10.2 Å². The van der Waals surface area contributed by atoms with Crippen molar-refractivity contribution in [3.8, 4) is 5.75 Å². The fourth-order valence-electron chi connectivity index (χ4n) is 2.79. The van der Waals surface area contributed by atoms with Crippen LogP contribution in [0.3, 0.4) is 0 Å². The summed E-state index contributed by atoms with van der Waals surface area (Å²) in [6.45, 7) is 4.79. The van der Waals surface area contributed by atoms with Crippen LogP contribution in [0.5, 0.6) is 5.75 Å². The van der Waals surface area contributed by atoms with Crippen molar-refractivity contribution in [2.45, 2.75) is 13.8 Å². The predicted octanol–water partition coefficient (Wildman–Crippen LogP) is 5.43. The van der Waals surface area contributed by atoms with Crippen LogP contribution in [0.2, 0.25) is 0 Å². The lowest BCUT2D eigenvalue weighted by Gasteiger charge is -2.09. The van der Waals surface area contributed by atoms with Gasteiger partial charge in [-0.05, 0) is 60.5 Å². The number of carbonyl (C=O) groups is 2. The Morgan fingerprint density at radius 1 is 1.06 bits per heavy atom. The summed E-state index contributed by atoms with van der Waals surface area (Å²) in [5, 5.41) is 6.06. The minimum atomic E-state index is -0.363. The van der Waals surface area contributed by atoms with Gasteiger partial charge in [0.05, 0.1) is 23.1 Å². The standard InChI is InChI=1S/C23H21N3O4S/c1-14(2)13-30-17-8-5-15(6-9-17)21(27)24-16-7-10-18-20(12-16)31-23(25-18)26-22(28)19-4-3-11-29-19/h3-12,14H,13H2,1-2H3,(H,24,27)(H,25,26,28). The van der Waals surface area contributed by atoms with E-state index in [1.165, 1.54) is 17.6 Å². The number of aromatic nitrogens is 1. The molecule has 0 fully saturated rings. The first-order valence-electron chi connectivity index (χ1n) is 9.77. The normalized spacial score (nSPS) is 10.9. The van der Waals surface area contributed by atoms with Crippen molar-refractivity contribution in [1.82, 2.24) is 4.98 Å². The fourth-order valence-corrected chi connectivity index (χ4v) is 3.69. The number of amides is 2. The Bertz CT molecular complexity index is 1200. The topological polar surface area (TPSA) is 93.5 Å². The molecule has 7 nitrogen and oxygen atoms in total. The molecule has 0 aliphatic heterocycles. The average molecular weight is 436 g/mol. The fraction of sp³-hybridized carbons (Fsp3) is 0.174. The number of hydrogen-bond acceptors (Lipinski definition) is 6. The number of nitrogens with zero attached hydrogens (tertiary/aromatic N) is 1. The second-order valence-electron chi connectivity index (χ2n) is 7.32. The van der Waals surface area contributed by atoms with Crippen LogP contribution in [-0.2, 0) is 0 Å². The molecule has 0 unspecified atom stereocenters. The number of anilines is 2. The van der Waals surface area contributed by atoms with Gasteiger partial charge in [-0.3, -0.25) is 14.9 Å². The minimum absolute atomic E-state index is 0.216. The molecule has 8 heteroatoms. The number of rotatable bonds is 7. The Kier molecular flexibility index (Phi) is 5.99. The molecule has 0 atom stereocenters. The van der Waals surface area contributed by atoms with Gasteiger partial charge in [0, 0.05) is 11.3 Å². The highest BCUT2D eigenvalue weighted by Crippen LogP contribution is 2.29. The maximum atomic E-state index is 12.6. The summed E-state index contributed by atoms with van der Waals surface area (Å²) >= 11 is 1.32. The zero-order chi connectivity index (χ0) is 21.8. The van der Waals surface area contributed by atoms with Crippen molar-refractivity contribution in [3.05, 3.63) is 72.2 Å². The summed E-state index contributed by atoms with van der Waals surface area (Å²) in [6, 6.07) is 15.7. The average Bonchev–Trinajstić information content (AvgIpc) is 3.42. The summed E-state index contributed by atoms with van der Waals surface area (Å²) in [5.74, 6) is 0.806. The molecule has 2 aromatic carbocycles. The highest BCUT2D eigenvalue weighted by atomic mass is 32.1. The van der Waals surface area contributed by atoms with Gasteiger partial charge in [0.25, 0.3) is 11.8 Å². The summed E-state index contributed by atoms with van der Waals surface area (Å²) in [4.78, 5) is 29.1. The Morgan fingerprint density at radius 3 is 2.58 bits per heavy atom. The maximum Gasteiger partial charge on any atom is 0.293 e. The number of carbonyl (C=O) groups excluding carboxylic acids is 2. The lowest BCUT2D eigenvalue weighted by Crippen LogP contribution is -2.11. The van der Waals surface area contributed by atoms with Crippen LogP contribution in [-0.4, -0.2) is 23.4 Å². The van der Waals surface area contributed by atoms with Crippen LogP contribution in [0.1, 0.15) is 34.8 Å². The van der Waals surface area contributed by atoms with E-state index in [0.29, 0.717) is 28.9 Å². The van der Waals surface area contributed by atoms with Gasteiger partial charge in [0.2, 0.25) is 0 Å². The molecule has 31 heavy (non-hydrogen) atoms. The third kappa shape index (κ3) is 5.10. The number of ether oxygens (including phenoxy) is 1. The number of nitrogens with one attached hydrogen (secondary N) is 2. The van der Waals surface area contributed by atoms with Crippen molar-refractivity contribution >= 4 is 44.2 Å². The number of furan rings is 1. The number of thiazole rings is 1. The van der Waals surface area contributed by atoms with Crippen molar-refractivity contribution in [3.63, 3.8) is 0 Å². The van der Waals surface area contributed by atoms with E-state index < -0.39 is 0 Å². The smallest absolute Gasteiger partial charge is 0.293 e. The van der Waals surface area contributed by atoms with Gasteiger partial charge in [-0.25, -0.2) is 4.98 Å². The lowest BCUT2D eigenvalue weighted by atomic mass is 10.2. The third-order valence-electron chi connectivity index (χ3n) is 4.31. The molecular formula is C23H21N3O4S. The summed E-state index contributed by atoms with van der Waals surface area (Å²) in [6.07, 6.45) is 1.44. The maximum absolute atomic E-state index is 12.6. The molecule has 0 saturated carbocycles. The van der Waals surface area contributed by atoms with Crippen molar-refractivity contribution in [2.75, 3.05) is 17.2 Å². The largest absolute Gasteiger partial charge is 0.493 e. The monoisotopic (exact) mass is 435 g/mol. The van der Waals surface area contributed by atoms with Gasteiger partial charge >= 0.3 is 0 Å². The molecule has 2 heterocycles. The van der Waals surface area contributed by atoms with Crippen molar-refractivity contribution < 1.29 is 18.7 Å². The van der Waals surface area contributed by atoms with Crippen LogP contribution in [0, 0.1) is 5.92 Å². The molecule has 2 amide bonds. The van der Waals surface area contributed by atoms with Crippen LogP contribution < -0.4 is 15.4 Å². The summed E-state index contributed by atoms with van der Waals surface area (Å²) in [7, 11) is 0. The van der Waals surface area contributed by atoms with Crippen LogP contribution >= 0.6 is 11.3 Å². The molecule has 2 aromatic heterocycles. The van der Waals surface area contributed by atoms with E-state index in [4.69, 9.17) is 9.15 Å². The number of hydrogen-bond donors (Lipinski definition) is 2. The Hall–Kier alpha value is -3.65. The second-order valence-corrected chi connectivity index (χ2v) is 8.35.